The van der Waals surface area contributed by atoms with Crippen molar-refractivity contribution in [2.24, 2.45) is 11.3 Å². The molecule has 6 rings (SSSR count). The molecule has 0 spiro atoms. The largest absolute Gasteiger partial charge is 0.493 e. The molecular formula is C25H31N3O4. The third-order valence-electron chi connectivity index (χ3n) is 7.10. The number of rotatable bonds is 4. The number of pyridine rings is 1. The highest BCUT2D eigenvalue weighted by Crippen LogP contribution is 2.45. The van der Waals surface area contributed by atoms with Crippen molar-refractivity contribution in [3.8, 4) is 22.8 Å². The molecular weight excluding hydrogens is 406 g/mol. The molecule has 0 radical (unpaired) electrons. The molecule has 2 atom stereocenters. The van der Waals surface area contributed by atoms with Crippen LogP contribution in [-0.2, 0) is 4.74 Å². The summed E-state index contributed by atoms with van der Waals surface area (Å²) in [6.45, 7) is 7.80. The first-order chi connectivity index (χ1) is 15.4. The Morgan fingerprint density at radius 3 is 2.78 bits per heavy atom. The molecule has 0 saturated carbocycles. The van der Waals surface area contributed by atoms with Gasteiger partial charge in [-0.15, -0.1) is 0 Å². The van der Waals surface area contributed by atoms with Gasteiger partial charge in [0, 0.05) is 29.3 Å². The zero-order valence-electron chi connectivity index (χ0n) is 19.0. The van der Waals surface area contributed by atoms with E-state index in [1.807, 2.05) is 30.3 Å². The fraction of sp³-hybridized carbons (Fsp3) is 0.520. The number of benzene rings is 1. The van der Waals surface area contributed by atoms with Crippen molar-refractivity contribution in [1.82, 2.24) is 15.2 Å². The van der Waals surface area contributed by atoms with E-state index in [0.717, 1.165) is 54.9 Å². The maximum atomic E-state index is 12.9. The summed E-state index contributed by atoms with van der Waals surface area (Å²) in [6, 6.07) is 9.70. The maximum Gasteiger partial charge on any atom is 0.407 e. The van der Waals surface area contributed by atoms with E-state index in [1.54, 1.807) is 13.3 Å². The van der Waals surface area contributed by atoms with Crippen LogP contribution in [0.4, 0.5) is 4.79 Å². The van der Waals surface area contributed by atoms with Crippen molar-refractivity contribution in [2.45, 2.75) is 38.8 Å². The van der Waals surface area contributed by atoms with Crippen LogP contribution in [-0.4, -0.2) is 55.4 Å². The molecule has 1 amide bonds. The minimum atomic E-state index is -0.340. The van der Waals surface area contributed by atoms with Crippen molar-refractivity contribution in [1.29, 1.82) is 0 Å². The second-order valence-electron chi connectivity index (χ2n) is 9.75. The van der Waals surface area contributed by atoms with Crippen LogP contribution in [0.2, 0.25) is 0 Å². The molecule has 7 heteroatoms. The number of nitrogens with one attached hydrogen (secondary N) is 1. The first kappa shape index (κ1) is 21.1. The molecule has 170 valence electrons. The summed E-state index contributed by atoms with van der Waals surface area (Å²) >= 11 is 0. The second-order valence-corrected chi connectivity index (χ2v) is 9.75. The number of carbonyl (C=O) groups excluding carboxylic acids is 1. The zero-order chi connectivity index (χ0) is 22.3. The van der Waals surface area contributed by atoms with Crippen molar-refractivity contribution in [2.75, 3.05) is 33.4 Å². The van der Waals surface area contributed by atoms with E-state index < -0.39 is 0 Å². The Kier molecular flexibility index (Phi) is 5.45. The fourth-order valence-electron chi connectivity index (χ4n) is 5.21. The molecule has 2 bridgehead atoms. The van der Waals surface area contributed by atoms with Crippen molar-refractivity contribution < 1.29 is 19.0 Å². The van der Waals surface area contributed by atoms with Gasteiger partial charge in [0.2, 0.25) is 5.88 Å². The lowest BCUT2D eigenvalue weighted by Gasteiger charge is -2.44. The number of methoxy groups -OCH3 is 1. The van der Waals surface area contributed by atoms with E-state index in [4.69, 9.17) is 14.2 Å². The van der Waals surface area contributed by atoms with Gasteiger partial charge in [0.1, 0.15) is 11.9 Å². The standard InChI is InChI=1S/C25H31N3O4/c1-25(2)15-31-20-13-17(18-5-4-10-26-23(18)30-3)6-7-19(20)22(25)27-24(29)32-21-14-28-11-8-16(21)9-12-28/h4-7,10,13,16,21-22H,8-9,11-12,14-15H2,1-3H3,(H,27,29)/t21-,22?/m0/s1. The molecule has 4 aliphatic heterocycles. The number of hydrogen-bond donors (Lipinski definition) is 1. The van der Waals surface area contributed by atoms with Gasteiger partial charge in [0.05, 0.1) is 19.8 Å². The Labute approximate surface area is 189 Å². The van der Waals surface area contributed by atoms with Crippen LogP contribution in [0.1, 0.15) is 38.3 Å². The monoisotopic (exact) mass is 437 g/mol. The van der Waals surface area contributed by atoms with Crippen LogP contribution in [0.25, 0.3) is 11.1 Å². The number of nitrogens with zero attached hydrogens (tertiary/aromatic N) is 2. The molecule has 0 aliphatic carbocycles. The van der Waals surface area contributed by atoms with Gasteiger partial charge in [-0.2, -0.15) is 0 Å². The minimum Gasteiger partial charge on any atom is -0.493 e. The van der Waals surface area contributed by atoms with Crippen LogP contribution in [0, 0.1) is 11.3 Å². The lowest BCUT2D eigenvalue weighted by molar-refractivity contribution is -0.0361. The smallest absolute Gasteiger partial charge is 0.407 e. The third-order valence-corrected chi connectivity index (χ3v) is 7.10. The van der Waals surface area contributed by atoms with Crippen molar-refractivity contribution in [3.05, 3.63) is 42.1 Å². The molecule has 3 fully saturated rings. The average Bonchev–Trinajstić information content (AvgIpc) is 2.81. The fourth-order valence-corrected chi connectivity index (χ4v) is 5.21. The highest BCUT2D eigenvalue weighted by molar-refractivity contribution is 5.72. The molecule has 1 aromatic heterocycles. The Bertz CT molecular complexity index is 1000. The lowest BCUT2D eigenvalue weighted by atomic mass is 9.78. The maximum absolute atomic E-state index is 12.9. The Hall–Kier alpha value is -2.80. The summed E-state index contributed by atoms with van der Waals surface area (Å²) in [7, 11) is 1.62. The van der Waals surface area contributed by atoms with Crippen LogP contribution in [0.5, 0.6) is 11.6 Å². The van der Waals surface area contributed by atoms with E-state index in [-0.39, 0.29) is 23.7 Å². The Balaban J connectivity index is 1.37. The number of amides is 1. The van der Waals surface area contributed by atoms with E-state index >= 15 is 0 Å². The van der Waals surface area contributed by atoms with Gasteiger partial charge in [-0.05, 0) is 55.6 Å². The highest BCUT2D eigenvalue weighted by atomic mass is 16.6. The molecule has 1 N–H and O–H groups in total. The number of alkyl carbamates (subject to hydrolysis) is 1. The second kappa shape index (κ2) is 8.28. The van der Waals surface area contributed by atoms with Gasteiger partial charge in [-0.1, -0.05) is 26.0 Å². The van der Waals surface area contributed by atoms with E-state index in [9.17, 15) is 4.79 Å². The molecule has 4 aliphatic rings. The van der Waals surface area contributed by atoms with Crippen LogP contribution in [0.3, 0.4) is 0 Å². The van der Waals surface area contributed by atoms with Crippen LogP contribution in [0.15, 0.2) is 36.5 Å². The van der Waals surface area contributed by atoms with Crippen LogP contribution >= 0.6 is 0 Å². The Morgan fingerprint density at radius 2 is 2.06 bits per heavy atom. The third kappa shape index (κ3) is 3.90. The lowest BCUT2D eigenvalue weighted by Crippen LogP contribution is -2.53. The predicted molar refractivity (Wildman–Crippen MR) is 121 cm³/mol. The summed E-state index contributed by atoms with van der Waals surface area (Å²) in [5.74, 6) is 1.82. The minimum absolute atomic E-state index is 0.0136. The van der Waals surface area contributed by atoms with Crippen LogP contribution < -0.4 is 14.8 Å². The normalized spacial score (nSPS) is 27.7. The van der Waals surface area contributed by atoms with Crippen molar-refractivity contribution >= 4 is 6.09 Å². The van der Waals surface area contributed by atoms with Gasteiger partial charge in [-0.25, -0.2) is 9.78 Å². The van der Waals surface area contributed by atoms with E-state index in [1.165, 1.54) is 0 Å². The van der Waals surface area contributed by atoms with E-state index in [0.29, 0.717) is 18.4 Å². The molecule has 3 saturated heterocycles. The predicted octanol–water partition coefficient (Wildman–Crippen LogP) is 4.04. The van der Waals surface area contributed by atoms with Gasteiger partial charge >= 0.3 is 6.09 Å². The average molecular weight is 438 g/mol. The number of aromatic nitrogens is 1. The van der Waals surface area contributed by atoms with Gasteiger partial charge in [0.15, 0.2) is 0 Å². The topological polar surface area (TPSA) is 72.9 Å². The van der Waals surface area contributed by atoms with Gasteiger partial charge in [-0.3, -0.25) is 4.90 Å². The highest BCUT2D eigenvalue weighted by Gasteiger charge is 2.41. The summed E-state index contributed by atoms with van der Waals surface area (Å²) in [5, 5.41) is 3.16. The Morgan fingerprint density at radius 1 is 1.25 bits per heavy atom. The first-order valence-electron chi connectivity index (χ1n) is 11.4. The first-order valence-corrected chi connectivity index (χ1v) is 11.4. The summed E-state index contributed by atoms with van der Waals surface area (Å²) < 4.78 is 17.4. The number of fused-ring (bicyclic) bond motifs is 4. The van der Waals surface area contributed by atoms with Gasteiger partial charge < -0.3 is 19.5 Å². The molecule has 7 nitrogen and oxygen atoms in total. The number of piperidine rings is 3. The zero-order valence-corrected chi connectivity index (χ0v) is 19.0. The number of hydrogen-bond acceptors (Lipinski definition) is 6. The summed E-state index contributed by atoms with van der Waals surface area (Å²) in [4.78, 5) is 19.6. The summed E-state index contributed by atoms with van der Waals surface area (Å²) in [6.07, 6.45) is 3.59. The molecule has 2 aromatic rings. The molecule has 1 unspecified atom stereocenters. The van der Waals surface area contributed by atoms with E-state index in [2.05, 4.69) is 29.0 Å². The SMILES string of the molecule is COc1ncccc1-c1ccc2c(c1)OCC(C)(C)C2NC(=O)O[C@H]1CN2CCC1CC2. The van der Waals surface area contributed by atoms with Crippen molar-refractivity contribution in [3.63, 3.8) is 0 Å². The number of ether oxygens (including phenoxy) is 3. The molecule has 32 heavy (non-hydrogen) atoms. The molecule has 1 aromatic carbocycles. The summed E-state index contributed by atoms with van der Waals surface area (Å²) in [5.41, 5.74) is 2.55. The molecule has 5 heterocycles. The number of carbonyl (C=O) groups is 1. The quantitative estimate of drug-likeness (QED) is 0.778. The van der Waals surface area contributed by atoms with Gasteiger partial charge in [0.25, 0.3) is 0 Å².